The predicted molar refractivity (Wildman–Crippen MR) is 69.9 cm³/mol. The van der Waals surface area contributed by atoms with Crippen LogP contribution in [-0.4, -0.2) is 11.2 Å². The lowest BCUT2D eigenvalue weighted by Gasteiger charge is -2.19. The van der Waals surface area contributed by atoms with Crippen LogP contribution in [0.4, 0.5) is 0 Å². The van der Waals surface area contributed by atoms with Gasteiger partial charge in [-0.2, -0.15) is 0 Å². The molecule has 0 fully saturated rings. The van der Waals surface area contributed by atoms with Gasteiger partial charge in [0.2, 0.25) is 0 Å². The van der Waals surface area contributed by atoms with Gasteiger partial charge in [0.1, 0.15) is 0 Å². The third-order valence-electron chi connectivity index (χ3n) is 2.23. The van der Waals surface area contributed by atoms with Gasteiger partial charge in [-0.15, -0.1) is 0 Å². The number of rotatable bonds is 6. The number of hydrogen-bond acceptors (Lipinski definition) is 1. The van der Waals surface area contributed by atoms with Crippen LogP contribution in [0.5, 0.6) is 0 Å². The molecule has 0 aliphatic heterocycles. The zero-order chi connectivity index (χ0) is 12.3. The molecule has 88 valence electrons. The molecule has 1 heteroatoms. The largest absolute Gasteiger partial charge is 0.393 e. The maximum Gasteiger partial charge on any atom is 0.0606 e. The summed E-state index contributed by atoms with van der Waals surface area (Å²) in [6.07, 6.45) is 6.98. The molecule has 0 aromatic heterocycles. The highest BCUT2D eigenvalue weighted by Crippen LogP contribution is 2.19. The zero-order valence-corrected chi connectivity index (χ0v) is 10.7. The molecule has 0 radical (unpaired) electrons. The summed E-state index contributed by atoms with van der Waals surface area (Å²) in [6.45, 7) is 15.4. The fourth-order valence-electron chi connectivity index (χ4n) is 1.31. The molecule has 0 rings (SSSR count). The molecule has 2 atom stereocenters. The third-order valence-corrected chi connectivity index (χ3v) is 2.23. The van der Waals surface area contributed by atoms with Gasteiger partial charge < -0.3 is 5.11 Å². The van der Waals surface area contributed by atoms with Crippen LogP contribution in [0.1, 0.15) is 40.5 Å². The van der Waals surface area contributed by atoms with E-state index in [0.717, 1.165) is 18.4 Å². The molecule has 0 amide bonds. The van der Waals surface area contributed by atoms with E-state index in [4.69, 9.17) is 0 Å². The van der Waals surface area contributed by atoms with E-state index in [-0.39, 0.29) is 12.0 Å². The van der Waals surface area contributed by atoms with E-state index in [0.29, 0.717) is 0 Å². The summed E-state index contributed by atoms with van der Waals surface area (Å²) in [6, 6.07) is 0. The second-order valence-corrected chi connectivity index (χ2v) is 3.25. The first kappa shape index (κ1) is 16.6. The van der Waals surface area contributed by atoms with Crippen LogP contribution >= 0.6 is 0 Å². The van der Waals surface area contributed by atoms with E-state index in [9.17, 15) is 5.11 Å². The Morgan fingerprint density at radius 3 is 2.20 bits per heavy atom. The normalized spacial score (nSPS) is 14.6. The molecule has 0 aliphatic rings. The van der Waals surface area contributed by atoms with E-state index in [1.54, 1.807) is 12.2 Å². The van der Waals surface area contributed by atoms with Crippen LogP contribution in [-0.2, 0) is 0 Å². The molecular formula is C14H26O. The monoisotopic (exact) mass is 210 g/mol. The fourth-order valence-corrected chi connectivity index (χ4v) is 1.31. The van der Waals surface area contributed by atoms with Crippen LogP contribution in [0.15, 0.2) is 37.0 Å². The molecule has 0 aliphatic carbocycles. The minimum absolute atomic E-state index is 0.149. The first-order chi connectivity index (χ1) is 7.17. The van der Waals surface area contributed by atoms with E-state index in [1.165, 1.54) is 0 Å². The van der Waals surface area contributed by atoms with Crippen molar-refractivity contribution in [1.29, 1.82) is 0 Å². The number of hydrogen-bond donors (Lipinski definition) is 1. The molecule has 0 saturated heterocycles. The van der Waals surface area contributed by atoms with Crippen molar-refractivity contribution in [3.8, 4) is 0 Å². The van der Waals surface area contributed by atoms with Gasteiger partial charge in [0, 0.05) is 5.92 Å². The maximum atomic E-state index is 9.72. The van der Waals surface area contributed by atoms with E-state index >= 15 is 0 Å². The molecule has 0 spiro atoms. The Hall–Kier alpha value is -0.820. The van der Waals surface area contributed by atoms with Crippen molar-refractivity contribution in [3.63, 3.8) is 0 Å². The van der Waals surface area contributed by atoms with Crippen molar-refractivity contribution in [3.05, 3.63) is 37.0 Å². The van der Waals surface area contributed by atoms with Gasteiger partial charge >= 0.3 is 0 Å². The van der Waals surface area contributed by atoms with Gasteiger partial charge in [0.25, 0.3) is 0 Å². The average Bonchev–Trinajstić information content (AvgIpc) is 2.28. The number of aliphatic hydroxyl groups is 1. The highest BCUT2D eigenvalue weighted by molar-refractivity contribution is 5.24. The molecule has 2 unspecified atom stereocenters. The van der Waals surface area contributed by atoms with Gasteiger partial charge in [0.05, 0.1) is 6.10 Å². The second-order valence-electron chi connectivity index (χ2n) is 3.25. The Morgan fingerprint density at radius 1 is 1.33 bits per heavy atom. The average molecular weight is 210 g/mol. The summed E-state index contributed by atoms with van der Waals surface area (Å²) in [4.78, 5) is 0. The third kappa shape index (κ3) is 7.15. The number of aliphatic hydroxyl groups excluding tert-OH is 1. The van der Waals surface area contributed by atoms with Gasteiger partial charge in [-0.1, -0.05) is 65.5 Å². The molecule has 0 heterocycles. The molecule has 0 saturated carbocycles. The summed E-state index contributed by atoms with van der Waals surface area (Å²) in [5.41, 5.74) is 1.05. The Balaban J connectivity index is 0. The quantitative estimate of drug-likeness (QED) is 0.654. The second kappa shape index (κ2) is 11.3. The summed E-state index contributed by atoms with van der Waals surface area (Å²) >= 11 is 0. The van der Waals surface area contributed by atoms with Crippen molar-refractivity contribution < 1.29 is 5.11 Å². The topological polar surface area (TPSA) is 20.2 Å². The van der Waals surface area contributed by atoms with Crippen molar-refractivity contribution in [2.24, 2.45) is 5.92 Å². The van der Waals surface area contributed by atoms with Crippen molar-refractivity contribution in [2.75, 3.05) is 0 Å². The predicted octanol–water partition coefficient (Wildman–Crippen LogP) is 4.11. The van der Waals surface area contributed by atoms with Crippen molar-refractivity contribution >= 4 is 0 Å². The van der Waals surface area contributed by atoms with Gasteiger partial charge in [-0.05, 0) is 12.0 Å². The summed E-state index contributed by atoms with van der Waals surface area (Å²) in [7, 11) is 0. The summed E-state index contributed by atoms with van der Waals surface area (Å²) in [5, 5.41) is 9.72. The highest BCUT2D eigenvalue weighted by Gasteiger charge is 2.14. The lowest BCUT2D eigenvalue weighted by Crippen LogP contribution is -2.18. The van der Waals surface area contributed by atoms with Crippen molar-refractivity contribution in [2.45, 2.75) is 46.6 Å². The van der Waals surface area contributed by atoms with Gasteiger partial charge in [0.15, 0.2) is 0 Å². The lowest BCUT2D eigenvalue weighted by molar-refractivity contribution is 0.124. The first-order valence-corrected chi connectivity index (χ1v) is 5.80. The van der Waals surface area contributed by atoms with Crippen LogP contribution in [0.25, 0.3) is 0 Å². The van der Waals surface area contributed by atoms with E-state index in [2.05, 4.69) is 20.1 Å². The minimum atomic E-state index is -0.269. The summed E-state index contributed by atoms with van der Waals surface area (Å²) in [5.74, 6) is 0.149. The molecule has 1 nitrogen and oxygen atoms in total. The minimum Gasteiger partial charge on any atom is -0.393 e. The molecule has 0 bridgehead atoms. The first-order valence-electron chi connectivity index (χ1n) is 5.80. The van der Waals surface area contributed by atoms with Gasteiger partial charge in [-0.3, -0.25) is 0 Å². The van der Waals surface area contributed by atoms with Crippen LogP contribution < -0.4 is 0 Å². The Morgan fingerprint density at radius 2 is 1.87 bits per heavy atom. The van der Waals surface area contributed by atoms with E-state index in [1.807, 2.05) is 26.8 Å². The smallest absolute Gasteiger partial charge is 0.0606 e. The Bertz CT molecular complexity index is 192. The Labute approximate surface area is 95.2 Å². The fraction of sp³-hybridized carbons (Fsp3) is 0.571. The van der Waals surface area contributed by atoms with Crippen LogP contribution in [0, 0.1) is 5.92 Å². The number of allylic oxidation sites excluding steroid dienone is 3. The SMILES string of the molecule is C=C/C=C(\C=C)C(C)C(O)CCC.CC. The highest BCUT2D eigenvalue weighted by atomic mass is 16.3. The van der Waals surface area contributed by atoms with Crippen LogP contribution in [0.2, 0.25) is 0 Å². The molecule has 0 aromatic carbocycles. The Kier molecular flexibility index (Phi) is 12.5. The van der Waals surface area contributed by atoms with E-state index < -0.39 is 0 Å². The summed E-state index contributed by atoms with van der Waals surface area (Å²) < 4.78 is 0. The van der Waals surface area contributed by atoms with Gasteiger partial charge in [-0.25, -0.2) is 0 Å². The molecular weight excluding hydrogens is 184 g/mol. The lowest BCUT2D eigenvalue weighted by atomic mass is 9.92. The van der Waals surface area contributed by atoms with Crippen molar-refractivity contribution in [1.82, 2.24) is 0 Å². The molecule has 1 N–H and O–H groups in total. The maximum absolute atomic E-state index is 9.72. The molecule has 0 aromatic rings. The standard InChI is InChI=1S/C12H20O.C2H6/c1-5-8-11(7-3)10(4)12(13)9-6-2;1-2/h5,7-8,10,12-13H,1,3,6,9H2,2,4H3;1-2H3/b11-8+;. The van der Waals surface area contributed by atoms with Crippen LogP contribution in [0.3, 0.4) is 0 Å². The zero-order valence-electron chi connectivity index (χ0n) is 10.7. The molecule has 15 heavy (non-hydrogen) atoms.